The van der Waals surface area contributed by atoms with Crippen LogP contribution in [0.2, 0.25) is 0 Å². The fraction of sp³-hybridized carbons (Fsp3) is 1.00. The molecule has 0 fully saturated rings. The zero-order valence-corrected chi connectivity index (χ0v) is 14.8. The summed E-state index contributed by atoms with van der Waals surface area (Å²) in [5.41, 5.74) is 0. The van der Waals surface area contributed by atoms with Crippen LogP contribution in [0, 0.1) is 11.8 Å². The maximum Gasteiger partial charge on any atom is 0.0552 e. The Morgan fingerprint density at radius 3 is 1.53 bits per heavy atom. The molecule has 0 rings (SSSR count). The van der Waals surface area contributed by atoms with E-state index in [0.717, 1.165) is 24.9 Å². The van der Waals surface area contributed by atoms with Crippen molar-refractivity contribution < 1.29 is 9.47 Å². The topological polar surface area (TPSA) is 18.5 Å². The highest BCUT2D eigenvalue weighted by molar-refractivity contribution is 4.55. The molecular weight excluding hydrogens is 236 g/mol. The summed E-state index contributed by atoms with van der Waals surface area (Å²) in [6, 6.07) is 0. The van der Waals surface area contributed by atoms with E-state index in [1.165, 1.54) is 6.42 Å². The van der Waals surface area contributed by atoms with E-state index in [-0.39, 0.29) is 0 Å². The molecule has 0 N–H and O–H groups in total. The molecule has 0 aliphatic heterocycles. The van der Waals surface area contributed by atoms with Crippen molar-refractivity contribution in [2.75, 3.05) is 6.61 Å². The van der Waals surface area contributed by atoms with Crippen molar-refractivity contribution in [3.05, 3.63) is 0 Å². The summed E-state index contributed by atoms with van der Waals surface area (Å²) < 4.78 is 10.9. The van der Waals surface area contributed by atoms with Crippen LogP contribution < -0.4 is 0 Å². The number of hydrogen-bond acceptors (Lipinski definition) is 2. The molecule has 118 valence electrons. The summed E-state index contributed by atoms with van der Waals surface area (Å²) in [4.78, 5) is 0. The SMILES string of the molecule is CC(C)CC(C)OC(C)C.CC(C)CCOC(C)C. The van der Waals surface area contributed by atoms with Crippen LogP contribution >= 0.6 is 0 Å². The van der Waals surface area contributed by atoms with E-state index in [0.29, 0.717) is 18.3 Å². The molecule has 0 bridgehead atoms. The molecule has 0 saturated heterocycles. The maximum absolute atomic E-state index is 5.56. The molecule has 2 heteroatoms. The zero-order chi connectivity index (χ0) is 15.4. The van der Waals surface area contributed by atoms with Crippen LogP contribution in [0.15, 0.2) is 0 Å². The summed E-state index contributed by atoms with van der Waals surface area (Å²) in [6.45, 7) is 20.2. The van der Waals surface area contributed by atoms with Gasteiger partial charge < -0.3 is 9.47 Å². The molecule has 0 aromatic rings. The Balaban J connectivity index is 0. The van der Waals surface area contributed by atoms with Crippen molar-refractivity contribution in [1.29, 1.82) is 0 Å². The summed E-state index contributed by atoms with van der Waals surface area (Å²) in [5, 5.41) is 0. The Hall–Kier alpha value is -0.0800. The Kier molecular flexibility index (Phi) is 14.4. The minimum Gasteiger partial charge on any atom is -0.379 e. The third kappa shape index (κ3) is 23.4. The lowest BCUT2D eigenvalue weighted by Crippen LogP contribution is -2.15. The smallest absolute Gasteiger partial charge is 0.0552 e. The van der Waals surface area contributed by atoms with Gasteiger partial charge in [-0.3, -0.25) is 0 Å². The second kappa shape index (κ2) is 12.9. The Bertz CT molecular complexity index is 156. The minimum atomic E-state index is 0.369. The fourth-order valence-electron chi connectivity index (χ4n) is 1.72. The normalized spacial score (nSPS) is 13.1. The van der Waals surface area contributed by atoms with Crippen LogP contribution in [-0.2, 0) is 9.47 Å². The number of hydrogen-bond donors (Lipinski definition) is 0. The average molecular weight is 274 g/mol. The fourth-order valence-corrected chi connectivity index (χ4v) is 1.72. The second-order valence-electron chi connectivity index (χ2n) is 6.73. The Morgan fingerprint density at radius 1 is 0.684 bits per heavy atom. The predicted octanol–water partition coefficient (Wildman–Crippen LogP) is 5.30. The van der Waals surface area contributed by atoms with Gasteiger partial charge in [0.15, 0.2) is 0 Å². The van der Waals surface area contributed by atoms with Crippen molar-refractivity contribution in [2.45, 2.75) is 93.5 Å². The van der Waals surface area contributed by atoms with Gasteiger partial charge in [0.05, 0.1) is 18.3 Å². The van der Waals surface area contributed by atoms with Gasteiger partial charge in [0.1, 0.15) is 0 Å². The summed E-state index contributed by atoms with van der Waals surface area (Å²) in [7, 11) is 0. The molecule has 0 aliphatic rings. The van der Waals surface area contributed by atoms with Crippen LogP contribution in [0.5, 0.6) is 0 Å². The van der Waals surface area contributed by atoms with Gasteiger partial charge >= 0.3 is 0 Å². The molecule has 0 aromatic heterocycles. The molecule has 0 aliphatic carbocycles. The van der Waals surface area contributed by atoms with E-state index in [9.17, 15) is 0 Å². The van der Waals surface area contributed by atoms with Crippen LogP contribution in [0.1, 0.15) is 75.2 Å². The highest BCUT2D eigenvalue weighted by Gasteiger charge is 2.06. The lowest BCUT2D eigenvalue weighted by molar-refractivity contribution is 0.00802. The van der Waals surface area contributed by atoms with Gasteiger partial charge in [-0.25, -0.2) is 0 Å². The first kappa shape index (κ1) is 21.2. The minimum absolute atomic E-state index is 0.369. The predicted molar refractivity (Wildman–Crippen MR) is 85.7 cm³/mol. The Labute approximate surface area is 122 Å². The van der Waals surface area contributed by atoms with Gasteiger partial charge in [-0.05, 0) is 59.3 Å². The van der Waals surface area contributed by atoms with Crippen molar-refractivity contribution in [2.24, 2.45) is 11.8 Å². The number of ether oxygens (including phenoxy) is 2. The lowest BCUT2D eigenvalue weighted by Gasteiger charge is -2.17. The van der Waals surface area contributed by atoms with Gasteiger partial charge in [0, 0.05) is 6.61 Å². The summed E-state index contributed by atoms with van der Waals surface area (Å²) in [6.07, 6.45) is 3.52. The first-order chi connectivity index (χ1) is 8.65. The highest BCUT2D eigenvalue weighted by Crippen LogP contribution is 2.08. The first-order valence-corrected chi connectivity index (χ1v) is 7.92. The summed E-state index contributed by atoms with van der Waals surface area (Å²) in [5.74, 6) is 1.51. The summed E-state index contributed by atoms with van der Waals surface area (Å²) >= 11 is 0. The quantitative estimate of drug-likeness (QED) is 0.597. The maximum atomic E-state index is 5.56. The van der Waals surface area contributed by atoms with Crippen molar-refractivity contribution >= 4 is 0 Å². The van der Waals surface area contributed by atoms with Gasteiger partial charge in [-0.15, -0.1) is 0 Å². The van der Waals surface area contributed by atoms with Crippen LogP contribution in [0.25, 0.3) is 0 Å². The molecule has 1 unspecified atom stereocenters. The zero-order valence-electron chi connectivity index (χ0n) is 14.8. The van der Waals surface area contributed by atoms with E-state index in [1.807, 2.05) is 0 Å². The molecule has 0 heterocycles. The van der Waals surface area contributed by atoms with Crippen LogP contribution in [0.4, 0.5) is 0 Å². The second-order valence-corrected chi connectivity index (χ2v) is 6.73. The standard InChI is InChI=1S/C9H20O.C8H18O/c1-7(2)6-9(5)10-8(3)4;1-7(2)5-6-9-8(3)4/h7-9H,6H2,1-5H3;7-8H,5-6H2,1-4H3. The molecule has 19 heavy (non-hydrogen) atoms. The molecule has 0 amide bonds. The average Bonchev–Trinajstić information content (AvgIpc) is 2.13. The van der Waals surface area contributed by atoms with Gasteiger partial charge in [-0.2, -0.15) is 0 Å². The first-order valence-electron chi connectivity index (χ1n) is 7.92. The molecule has 0 spiro atoms. The van der Waals surface area contributed by atoms with Gasteiger partial charge in [0.25, 0.3) is 0 Å². The molecule has 2 nitrogen and oxygen atoms in total. The van der Waals surface area contributed by atoms with Crippen molar-refractivity contribution in [1.82, 2.24) is 0 Å². The van der Waals surface area contributed by atoms with E-state index >= 15 is 0 Å². The van der Waals surface area contributed by atoms with E-state index < -0.39 is 0 Å². The van der Waals surface area contributed by atoms with Crippen molar-refractivity contribution in [3.63, 3.8) is 0 Å². The largest absolute Gasteiger partial charge is 0.379 e. The molecule has 0 saturated carbocycles. The molecular formula is C17H38O2. The van der Waals surface area contributed by atoms with Gasteiger partial charge in [-0.1, -0.05) is 27.7 Å². The van der Waals surface area contributed by atoms with Gasteiger partial charge in [0.2, 0.25) is 0 Å². The third-order valence-electron chi connectivity index (χ3n) is 2.45. The van der Waals surface area contributed by atoms with Crippen LogP contribution in [-0.4, -0.2) is 24.9 Å². The Morgan fingerprint density at radius 2 is 1.21 bits per heavy atom. The molecule has 0 aromatic carbocycles. The monoisotopic (exact) mass is 274 g/mol. The lowest BCUT2D eigenvalue weighted by atomic mass is 10.1. The highest BCUT2D eigenvalue weighted by atomic mass is 16.5. The van der Waals surface area contributed by atoms with Crippen molar-refractivity contribution in [3.8, 4) is 0 Å². The molecule has 1 atom stereocenters. The van der Waals surface area contributed by atoms with E-state index in [4.69, 9.17) is 9.47 Å². The van der Waals surface area contributed by atoms with Crippen LogP contribution in [0.3, 0.4) is 0 Å². The van der Waals surface area contributed by atoms with E-state index in [1.54, 1.807) is 0 Å². The number of rotatable bonds is 8. The van der Waals surface area contributed by atoms with E-state index in [2.05, 4.69) is 62.3 Å². The third-order valence-corrected chi connectivity index (χ3v) is 2.45. The molecule has 0 radical (unpaired) electrons.